The van der Waals surface area contributed by atoms with Gasteiger partial charge in [-0.2, -0.15) is 5.10 Å². The number of fused-ring (bicyclic) bond motifs is 1. The van der Waals surface area contributed by atoms with E-state index in [4.69, 9.17) is 14.5 Å². The molecule has 0 atom stereocenters. The minimum absolute atomic E-state index is 0. The molecule has 1 N–H and O–H groups in total. The number of hydrogen-bond acceptors (Lipinski definition) is 7. The summed E-state index contributed by atoms with van der Waals surface area (Å²) in [6, 6.07) is 11.6. The van der Waals surface area contributed by atoms with Crippen molar-refractivity contribution in [2.24, 2.45) is 0 Å². The zero-order valence-electron chi connectivity index (χ0n) is 20.7. The Morgan fingerprint density at radius 1 is 1.03 bits per heavy atom. The largest absolute Gasteiger partial charge is 0.497 e. The topological polar surface area (TPSA) is 79.4 Å². The molecule has 0 radical (unpaired) electrons. The first-order valence-corrected chi connectivity index (χ1v) is 11.8. The minimum Gasteiger partial charge on any atom is -0.497 e. The van der Waals surface area contributed by atoms with Crippen molar-refractivity contribution in [2.45, 2.75) is 18.8 Å². The number of halogens is 3. The molecule has 11 heteroatoms. The third-order valence-electron chi connectivity index (χ3n) is 6.38. The highest BCUT2D eigenvalue weighted by atomic mass is 35.5. The van der Waals surface area contributed by atoms with Gasteiger partial charge in [0.1, 0.15) is 11.5 Å². The number of nitrogens with one attached hydrogen (secondary N) is 1. The van der Waals surface area contributed by atoms with Crippen LogP contribution in [-0.4, -0.2) is 71.4 Å². The van der Waals surface area contributed by atoms with E-state index < -0.39 is 5.92 Å². The van der Waals surface area contributed by atoms with Crippen molar-refractivity contribution < 1.29 is 18.3 Å². The fraction of sp³-hybridized carbons (Fsp3) is 0.346. The van der Waals surface area contributed by atoms with Crippen molar-refractivity contribution in [3.05, 3.63) is 55.0 Å². The number of H-pyrrole nitrogens is 1. The smallest absolute Gasteiger partial charge is 0.261 e. The number of ether oxygens (including phenoxy) is 2. The van der Waals surface area contributed by atoms with E-state index in [1.807, 2.05) is 41.3 Å². The Hall–Kier alpha value is -3.50. The highest BCUT2D eigenvalue weighted by Crippen LogP contribution is 2.34. The van der Waals surface area contributed by atoms with Gasteiger partial charge in [-0.25, -0.2) is 13.8 Å². The molecule has 0 unspecified atom stereocenters. The summed E-state index contributed by atoms with van der Waals surface area (Å²) in [7, 11) is 3.22. The van der Waals surface area contributed by atoms with Crippen molar-refractivity contribution in [3.63, 3.8) is 0 Å². The van der Waals surface area contributed by atoms with Gasteiger partial charge in [0, 0.05) is 67.4 Å². The van der Waals surface area contributed by atoms with E-state index >= 15 is 0 Å². The molecule has 0 spiro atoms. The van der Waals surface area contributed by atoms with Crippen LogP contribution in [0.1, 0.15) is 12.8 Å². The molecule has 3 heterocycles. The van der Waals surface area contributed by atoms with Crippen LogP contribution in [0.4, 0.5) is 20.2 Å². The van der Waals surface area contributed by atoms with Crippen LogP contribution in [0.3, 0.4) is 0 Å². The number of anilines is 2. The van der Waals surface area contributed by atoms with Crippen LogP contribution in [0.25, 0.3) is 22.3 Å². The lowest BCUT2D eigenvalue weighted by Crippen LogP contribution is -2.29. The number of alkyl halides is 2. The number of rotatable bonds is 9. The highest BCUT2D eigenvalue weighted by molar-refractivity contribution is 5.85. The maximum absolute atomic E-state index is 13.7. The fourth-order valence-electron chi connectivity index (χ4n) is 4.50. The summed E-state index contributed by atoms with van der Waals surface area (Å²) in [4.78, 5) is 13.3. The zero-order valence-corrected chi connectivity index (χ0v) is 21.5. The van der Waals surface area contributed by atoms with Gasteiger partial charge in [-0.05, 0) is 24.6 Å². The zero-order chi connectivity index (χ0) is 25.1. The summed E-state index contributed by atoms with van der Waals surface area (Å²) in [5, 5.41) is 6.80. The van der Waals surface area contributed by atoms with E-state index in [2.05, 4.69) is 20.1 Å². The van der Waals surface area contributed by atoms with Crippen molar-refractivity contribution >= 4 is 34.8 Å². The van der Waals surface area contributed by atoms with Crippen molar-refractivity contribution in [3.8, 4) is 22.8 Å². The summed E-state index contributed by atoms with van der Waals surface area (Å²) in [5.41, 5.74) is 4.86. The van der Waals surface area contributed by atoms with E-state index in [0.29, 0.717) is 37.6 Å². The van der Waals surface area contributed by atoms with E-state index in [1.165, 1.54) is 0 Å². The van der Waals surface area contributed by atoms with Crippen LogP contribution in [0.5, 0.6) is 11.5 Å². The second kappa shape index (κ2) is 11.3. The number of likely N-dealkylation sites (tertiary alicyclic amines) is 1. The number of nitrogens with zero attached hydrogens (tertiary/aromatic N) is 5. The monoisotopic (exact) mass is 530 g/mol. The maximum atomic E-state index is 13.7. The minimum atomic E-state index is -2.59. The summed E-state index contributed by atoms with van der Waals surface area (Å²) >= 11 is 0. The van der Waals surface area contributed by atoms with Gasteiger partial charge in [-0.1, -0.05) is 0 Å². The number of benzene rings is 2. The lowest BCUT2D eigenvalue weighted by Gasteiger charge is -2.27. The molecule has 1 saturated heterocycles. The van der Waals surface area contributed by atoms with E-state index in [0.717, 1.165) is 33.7 Å². The van der Waals surface area contributed by atoms with Crippen LogP contribution in [0.15, 0.2) is 55.0 Å². The summed E-state index contributed by atoms with van der Waals surface area (Å²) < 4.78 is 38.3. The lowest BCUT2D eigenvalue weighted by molar-refractivity contribution is 0.0122. The number of hydrogen-bond donors (Lipinski definition) is 1. The molecule has 1 aliphatic heterocycles. The van der Waals surface area contributed by atoms with Gasteiger partial charge in [0.15, 0.2) is 0 Å². The third kappa shape index (κ3) is 6.08. The first-order chi connectivity index (χ1) is 17.4. The average Bonchev–Trinajstić information content (AvgIpc) is 3.55. The molecule has 37 heavy (non-hydrogen) atoms. The Morgan fingerprint density at radius 3 is 2.46 bits per heavy atom. The van der Waals surface area contributed by atoms with Crippen molar-refractivity contribution in [1.29, 1.82) is 0 Å². The van der Waals surface area contributed by atoms with Crippen molar-refractivity contribution in [2.75, 3.05) is 45.3 Å². The predicted octanol–water partition coefficient (Wildman–Crippen LogP) is 5.33. The summed E-state index contributed by atoms with van der Waals surface area (Å²) in [5.74, 6) is -1.27. The average molecular weight is 531 g/mol. The van der Waals surface area contributed by atoms with Gasteiger partial charge >= 0.3 is 0 Å². The molecule has 0 bridgehead atoms. The molecular weight excluding hydrogens is 502 g/mol. The second-order valence-electron chi connectivity index (χ2n) is 8.87. The van der Waals surface area contributed by atoms with Gasteiger partial charge in [0.05, 0.1) is 49.9 Å². The quantitative estimate of drug-likeness (QED) is 0.313. The maximum Gasteiger partial charge on any atom is 0.261 e. The van der Waals surface area contributed by atoms with Gasteiger partial charge in [-0.3, -0.25) is 15.0 Å². The standard InChI is InChI=1S/C26H28F2N6O2.ClH/c1-35-21-10-20(11-22(13-21)36-2)34(8-3-7-33-9-6-26(27,28)17-33)19-4-5-23-24(12-19)32-25(16-29-23)18-14-30-31-15-18;/h4-5,10-16H,3,6-9,17H2,1-2H3,(H,30,31);1H. The molecule has 196 valence electrons. The molecule has 4 aromatic rings. The molecule has 0 saturated carbocycles. The fourth-order valence-corrected chi connectivity index (χ4v) is 4.50. The number of aromatic nitrogens is 4. The molecule has 1 fully saturated rings. The Balaban J connectivity index is 0.00000320. The van der Waals surface area contributed by atoms with Gasteiger partial charge in [-0.15, -0.1) is 12.4 Å². The third-order valence-corrected chi connectivity index (χ3v) is 6.38. The van der Waals surface area contributed by atoms with E-state index in [9.17, 15) is 8.78 Å². The molecule has 2 aromatic carbocycles. The molecule has 2 aromatic heterocycles. The lowest BCUT2D eigenvalue weighted by atomic mass is 10.1. The molecule has 1 aliphatic rings. The molecular formula is C26H29ClF2N6O2. The van der Waals surface area contributed by atoms with Crippen LogP contribution in [0.2, 0.25) is 0 Å². The Kier molecular flexibility index (Phi) is 8.09. The second-order valence-corrected chi connectivity index (χ2v) is 8.87. The predicted molar refractivity (Wildman–Crippen MR) is 142 cm³/mol. The Bertz CT molecular complexity index is 1320. The van der Waals surface area contributed by atoms with E-state index in [-0.39, 0.29) is 25.4 Å². The number of aromatic amines is 1. The van der Waals surface area contributed by atoms with Gasteiger partial charge in [0.25, 0.3) is 5.92 Å². The molecule has 0 aliphatic carbocycles. The molecule has 0 amide bonds. The van der Waals surface area contributed by atoms with Crippen LogP contribution >= 0.6 is 12.4 Å². The van der Waals surface area contributed by atoms with E-state index in [1.54, 1.807) is 32.8 Å². The van der Waals surface area contributed by atoms with Gasteiger partial charge in [0.2, 0.25) is 0 Å². The van der Waals surface area contributed by atoms with Gasteiger partial charge < -0.3 is 14.4 Å². The van der Waals surface area contributed by atoms with Crippen LogP contribution < -0.4 is 14.4 Å². The van der Waals surface area contributed by atoms with Crippen LogP contribution in [0, 0.1) is 0 Å². The first-order valence-electron chi connectivity index (χ1n) is 11.8. The Morgan fingerprint density at radius 2 is 1.81 bits per heavy atom. The normalized spacial score (nSPS) is 14.9. The Labute approximate surface area is 220 Å². The SMILES string of the molecule is COc1cc(OC)cc(N(CCCN2CCC(F)(F)C2)c2ccc3ncc(-c4cn[nH]c4)nc3c2)c1.Cl. The van der Waals surface area contributed by atoms with Crippen LogP contribution in [-0.2, 0) is 0 Å². The summed E-state index contributed by atoms with van der Waals surface area (Å²) in [6.07, 6.45) is 5.83. The number of methoxy groups -OCH3 is 2. The molecule has 5 rings (SSSR count). The first kappa shape index (κ1) is 26.6. The highest BCUT2D eigenvalue weighted by Gasteiger charge is 2.37. The van der Waals surface area contributed by atoms with Crippen molar-refractivity contribution in [1.82, 2.24) is 25.1 Å². The molecule has 8 nitrogen and oxygen atoms in total. The summed E-state index contributed by atoms with van der Waals surface area (Å²) in [6.45, 7) is 1.44.